The van der Waals surface area contributed by atoms with Gasteiger partial charge in [0.1, 0.15) is 0 Å². The number of carboxylic acid groups (broad SMARTS) is 3. The van der Waals surface area contributed by atoms with Crippen molar-refractivity contribution in [2.45, 2.75) is 45.4 Å². The summed E-state index contributed by atoms with van der Waals surface area (Å²) >= 11 is 0. The van der Waals surface area contributed by atoms with E-state index in [0.29, 0.717) is 25.7 Å². The van der Waals surface area contributed by atoms with Crippen molar-refractivity contribution >= 4 is 17.9 Å². The summed E-state index contributed by atoms with van der Waals surface area (Å²) in [6.45, 7) is 1.79. The van der Waals surface area contributed by atoms with E-state index in [4.69, 9.17) is 15.3 Å². The highest BCUT2D eigenvalue weighted by Gasteiger charge is 2.21. The lowest BCUT2D eigenvalue weighted by molar-refractivity contribution is -0.148. The highest BCUT2D eigenvalue weighted by Crippen LogP contribution is 2.18. The van der Waals surface area contributed by atoms with Crippen molar-refractivity contribution < 1.29 is 29.7 Å². The van der Waals surface area contributed by atoms with Gasteiger partial charge in [-0.3, -0.25) is 14.4 Å². The van der Waals surface area contributed by atoms with E-state index in [1.807, 2.05) is 0 Å². The van der Waals surface area contributed by atoms with Gasteiger partial charge in [-0.1, -0.05) is 19.8 Å². The maximum atomic E-state index is 10.8. The maximum absolute atomic E-state index is 10.8. The van der Waals surface area contributed by atoms with Crippen molar-refractivity contribution in [1.29, 1.82) is 0 Å². The van der Waals surface area contributed by atoms with Gasteiger partial charge in [-0.2, -0.15) is 0 Å². The zero-order valence-electron chi connectivity index (χ0n) is 10.5. The van der Waals surface area contributed by atoms with E-state index in [1.54, 1.807) is 6.92 Å². The zero-order valence-corrected chi connectivity index (χ0v) is 10.5. The monoisotopic (exact) mass is 260 g/mol. The second kappa shape index (κ2) is 8.49. The Hall–Kier alpha value is -1.59. The molecule has 6 heteroatoms. The van der Waals surface area contributed by atoms with Crippen molar-refractivity contribution in [2.24, 2.45) is 11.8 Å². The molecular formula is C12H20O6. The Morgan fingerprint density at radius 3 is 1.67 bits per heavy atom. The summed E-state index contributed by atoms with van der Waals surface area (Å²) in [5.74, 6) is -4.35. The third-order valence-electron chi connectivity index (χ3n) is 2.97. The fraction of sp³-hybridized carbons (Fsp3) is 0.750. The largest absolute Gasteiger partial charge is 0.481 e. The molecule has 0 aromatic heterocycles. The number of rotatable bonds is 10. The van der Waals surface area contributed by atoms with E-state index in [0.717, 1.165) is 0 Å². The van der Waals surface area contributed by atoms with Crippen molar-refractivity contribution in [3.63, 3.8) is 0 Å². The molecule has 2 unspecified atom stereocenters. The number of carboxylic acids is 3. The van der Waals surface area contributed by atoms with Crippen molar-refractivity contribution in [1.82, 2.24) is 0 Å². The molecule has 3 N–H and O–H groups in total. The number of aliphatic carboxylic acids is 3. The summed E-state index contributed by atoms with van der Waals surface area (Å²) in [6.07, 6.45) is 2.09. The molecule has 0 aromatic carbocycles. The van der Waals surface area contributed by atoms with Crippen LogP contribution in [0.15, 0.2) is 0 Å². The highest BCUT2D eigenvalue weighted by atomic mass is 16.4. The lowest BCUT2D eigenvalue weighted by Gasteiger charge is -2.11. The molecule has 0 amide bonds. The summed E-state index contributed by atoms with van der Waals surface area (Å²) in [6, 6.07) is 0. The first kappa shape index (κ1) is 16.4. The van der Waals surface area contributed by atoms with Crippen LogP contribution in [0.5, 0.6) is 0 Å². The van der Waals surface area contributed by atoms with Crippen LogP contribution in [0.1, 0.15) is 45.4 Å². The predicted octanol–water partition coefficient (Wildman–Crippen LogP) is 1.83. The molecule has 0 radical (unpaired) electrons. The fourth-order valence-corrected chi connectivity index (χ4v) is 1.81. The highest BCUT2D eigenvalue weighted by molar-refractivity contribution is 5.77. The molecule has 0 aliphatic carbocycles. The Labute approximate surface area is 106 Å². The first-order chi connectivity index (χ1) is 8.38. The van der Waals surface area contributed by atoms with Gasteiger partial charge in [0.25, 0.3) is 0 Å². The SMILES string of the molecule is CCC(CCCCC(CC(=O)O)C(=O)O)C(=O)O. The molecule has 104 valence electrons. The molecule has 0 saturated heterocycles. The van der Waals surface area contributed by atoms with E-state index in [-0.39, 0.29) is 12.8 Å². The lowest BCUT2D eigenvalue weighted by Crippen LogP contribution is -2.18. The number of unbranched alkanes of at least 4 members (excludes halogenated alkanes) is 1. The summed E-state index contributed by atoms with van der Waals surface area (Å²) in [5.41, 5.74) is 0. The molecule has 0 rings (SSSR count). The average molecular weight is 260 g/mol. The van der Waals surface area contributed by atoms with Crippen LogP contribution in [0.2, 0.25) is 0 Å². The van der Waals surface area contributed by atoms with Gasteiger partial charge in [-0.25, -0.2) is 0 Å². The Kier molecular flexibility index (Phi) is 7.74. The van der Waals surface area contributed by atoms with Crippen LogP contribution >= 0.6 is 0 Å². The second-order valence-corrected chi connectivity index (χ2v) is 4.36. The van der Waals surface area contributed by atoms with Gasteiger partial charge in [0.05, 0.1) is 18.3 Å². The van der Waals surface area contributed by atoms with Crippen LogP contribution in [-0.4, -0.2) is 33.2 Å². The first-order valence-corrected chi connectivity index (χ1v) is 6.05. The smallest absolute Gasteiger partial charge is 0.307 e. The minimum absolute atomic E-state index is 0.275. The predicted molar refractivity (Wildman–Crippen MR) is 63.3 cm³/mol. The van der Waals surface area contributed by atoms with Crippen LogP contribution in [0.4, 0.5) is 0 Å². The van der Waals surface area contributed by atoms with Gasteiger partial charge in [0.15, 0.2) is 0 Å². The van der Waals surface area contributed by atoms with E-state index < -0.39 is 29.7 Å². The Morgan fingerprint density at radius 1 is 0.889 bits per heavy atom. The molecule has 0 fully saturated rings. The van der Waals surface area contributed by atoms with E-state index in [2.05, 4.69) is 0 Å². The third-order valence-corrected chi connectivity index (χ3v) is 2.97. The summed E-state index contributed by atoms with van der Waals surface area (Å²) < 4.78 is 0. The molecule has 0 aliphatic rings. The topological polar surface area (TPSA) is 112 Å². The molecule has 0 heterocycles. The van der Waals surface area contributed by atoms with Gasteiger partial charge in [-0.15, -0.1) is 0 Å². The first-order valence-electron chi connectivity index (χ1n) is 6.05. The number of carbonyl (C=O) groups is 3. The number of hydrogen-bond acceptors (Lipinski definition) is 3. The molecule has 2 atom stereocenters. The van der Waals surface area contributed by atoms with Crippen LogP contribution in [0.3, 0.4) is 0 Å². The molecule has 0 spiro atoms. The third kappa shape index (κ3) is 6.88. The van der Waals surface area contributed by atoms with Crippen LogP contribution < -0.4 is 0 Å². The quantitative estimate of drug-likeness (QED) is 0.516. The second-order valence-electron chi connectivity index (χ2n) is 4.36. The number of hydrogen-bond donors (Lipinski definition) is 3. The lowest BCUT2D eigenvalue weighted by atomic mass is 9.94. The summed E-state index contributed by atoms with van der Waals surface area (Å²) in [4.78, 5) is 32.0. The Bertz CT molecular complexity index is 299. The zero-order chi connectivity index (χ0) is 14.1. The van der Waals surface area contributed by atoms with Crippen LogP contribution in [0.25, 0.3) is 0 Å². The molecule has 18 heavy (non-hydrogen) atoms. The molecule has 0 bridgehead atoms. The van der Waals surface area contributed by atoms with Crippen LogP contribution in [0, 0.1) is 11.8 Å². The van der Waals surface area contributed by atoms with Crippen molar-refractivity contribution in [2.75, 3.05) is 0 Å². The molecule has 6 nitrogen and oxygen atoms in total. The van der Waals surface area contributed by atoms with Gasteiger partial charge >= 0.3 is 17.9 Å². The van der Waals surface area contributed by atoms with Gasteiger partial charge in [-0.05, 0) is 19.3 Å². The van der Waals surface area contributed by atoms with Crippen LogP contribution in [-0.2, 0) is 14.4 Å². The Balaban J connectivity index is 3.96. The minimum atomic E-state index is -1.13. The molecule has 0 aliphatic heterocycles. The summed E-state index contributed by atoms with van der Waals surface area (Å²) in [7, 11) is 0. The molecular weight excluding hydrogens is 240 g/mol. The minimum Gasteiger partial charge on any atom is -0.481 e. The Morgan fingerprint density at radius 2 is 1.33 bits per heavy atom. The summed E-state index contributed by atoms with van der Waals surface area (Å²) in [5, 5.41) is 26.2. The maximum Gasteiger partial charge on any atom is 0.307 e. The fourth-order valence-electron chi connectivity index (χ4n) is 1.81. The van der Waals surface area contributed by atoms with Crippen molar-refractivity contribution in [3.05, 3.63) is 0 Å². The normalized spacial score (nSPS) is 13.8. The van der Waals surface area contributed by atoms with Gasteiger partial charge < -0.3 is 15.3 Å². The van der Waals surface area contributed by atoms with Gasteiger partial charge in [0, 0.05) is 0 Å². The standard InChI is InChI=1S/C12H20O6/c1-2-8(11(15)16)5-3-4-6-9(12(17)18)7-10(13)14/h8-9H,2-7H2,1H3,(H,13,14)(H,15,16)(H,17,18). The van der Waals surface area contributed by atoms with Crippen molar-refractivity contribution in [3.8, 4) is 0 Å². The average Bonchev–Trinajstić information content (AvgIpc) is 2.26. The van der Waals surface area contributed by atoms with E-state index >= 15 is 0 Å². The molecule has 0 saturated carbocycles. The molecule has 0 aromatic rings. The van der Waals surface area contributed by atoms with Gasteiger partial charge in [0.2, 0.25) is 0 Å². The van der Waals surface area contributed by atoms with E-state index in [9.17, 15) is 14.4 Å². The van der Waals surface area contributed by atoms with E-state index in [1.165, 1.54) is 0 Å².